The second-order valence-electron chi connectivity index (χ2n) is 5.92. The van der Waals surface area contributed by atoms with Gasteiger partial charge < -0.3 is 11.1 Å². The van der Waals surface area contributed by atoms with E-state index in [2.05, 4.69) is 15.0 Å². The lowest BCUT2D eigenvalue weighted by Crippen LogP contribution is -2.29. The largest absolute Gasteiger partial charge is 0.370 e. The first kappa shape index (κ1) is 19.0. The molecule has 134 valence electrons. The molecule has 4 N–H and O–H groups in total. The number of aryl methyl sites for hydroxylation is 3. The molecule has 0 bridgehead atoms. The zero-order valence-corrected chi connectivity index (χ0v) is 15.5. The van der Waals surface area contributed by atoms with Crippen LogP contribution in [0.5, 0.6) is 0 Å². The summed E-state index contributed by atoms with van der Waals surface area (Å²) in [5.74, 6) is 0.245. The van der Waals surface area contributed by atoms with E-state index in [1.54, 1.807) is 19.1 Å². The van der Waals surface area contributed by atoms with Crippen LogP contribution in [-0.2, 0) is 10.0 Å². The predicted octanol–water partition coefficient (Wildman–Crippen LogP) is 2.32. The number of benzene rings is 2. The number of hydrogen-bond acceptors (Lipinski definition) is 3. The molecule has 0 saturated heterocycles. The van der Waals surface area contributed by atoms with Crippen LogP contribution in [0, 0.1) is 20.8 Å². The number of nitrogens with zero attached hydrogens (tertiary/aromatic N) is 1. The summed E-state index contributed by atoms with van der Waals surface area (Å²) in [5, 5.41) is 2.97. The van der Waals surface area contributed by atoms with Gasteiger partial charge in [0.1, 0.15) is 0 Å². The Kier molecular flexibility index (Phi) is 6.17. The smallest absolute Gasteiger partial charge is 0.240 e. The Morgan fingerprint density at radius 1 is 1.04 bits per heavy atom. The van der Waals surface area contributed by atoms with Crippen molar-refractivity contribution in [1.82, 2.24) is 4.72 Å². The summed E-state index contributed by atoms with van der Waals surface area (Å²) in [6.07, 6.45) is 0. The molecule has 0 saturated carbocycles. The molecule has 0 heterocycles. The van der Waals surface area contributed by atoms with Gasteiger partial charge in [0.2, 0.25) is 10.0 Å². The Hall–Kier alpha value is -2.38. The van der Waals surface area contributed by atoms with Crippen LogP contribution in [0.2, 0.25) is 0 Å². The Morgan fingerprint density at radius 3 is 2.36 bits per heavy atom. The second-order valence-corrected chi connectivity index (χ2v) is 7.66. The summed E-state index contributed by atoms with van der Waals surface area (Å²) in [5.41, 5.74) is 9.41. The van der Waals surface area contributed by atoms with Crippen LogP contribution in [0.3, 0.4) is 0 Å². The van der Waals surface area contributed by atoms with Gasteiger partial charge >= 0.3 is 0 Å². The first-order chi connectivity index (χ1) is 11.8. The van der Waals surface area contributed by atoms with E-state index < -0.39 is 10.0 Å². The minimum absolute atomic E-state index is 0.173. The third-order valence-corrected chi connectivity index (χ3v) is 5.25. The van der Waals surface area contributed by atoms with Crippen LogP contribution in [-0.4, -0.2) is 27.5 Å². The van der Waals surface area contributed by atoms with E-state index in [1.165, 1.54) is 0 Å². The first-order valence-electron chi connectivity index (χ1n) is 7.98. The van der Waals surface area contributed by atoms with Crippen LogP contribution >= 0.6 is 0 Å². The van der Waals surface area contributed by atoms with E-state index in [0.717, 1.165) is 16.8 Å². The lowest BCUT2D eigenvalue weighted by molar-refractivity contribution is 0.581. The quantitative estimate of drug-likeness (QED) is 0.418. The molecule has 0 aliphatic rings. The standard InChI is InChI=1S/C18H24N4O2S/c1-13-5-8-16(9-6-13)22-18(19)20-10-11-21-25(23,24)17-12-14(2)4-7-15(17)3/h4-9,12,21H,10-11H2,1-3H3,(H3,19,20,22). The van der Waals surface area contributed by atoms with Gasteiger partial charge in [-0.2, -0.15) is 0 Å². The highest BCUT2D eigenvalue weighted by atomic mass is 32.2. The van der Waals surface area contributed by atoms with Gasteiger partial charge in [-0.25, -0.2) is 13.1 Å². The van der Waals surface area contributed by atoms with Crippen LogP contribution in [0.15, 0.2) is 52.4 Å². The van der Waals surface area contributed by atoms with Gasteiger partial charge in [0, 0.05) is 12.2 Å². The fraction of sp³-hybridized carbons (Fsp3) is 0.278. The number of rotatable bonds is 6. The van der Waals surface area contributed by atoms with E-state index in [0.29, 0.717) is 10.5 Å². The normalized spacial score (nSPS) is 12.2. The summed E-state index contributed by atoms with van der Waals surface area (Å²) in [4.78, 5) is 4.43. The van der Waals surface area contributed by atoms with Gasteiger partial charge in [0.05, 0.1) is 11.4 Å². The number of aliphatic imine (C=N–C) groups is 1. The van der Waals surface area contributed by atoms with E-state index >= 15 is 0 Å². The summed E-state index contributed by atoms with van der Waals surface area (Å²) >= 11 is 0. The molecule has 0 atom stereocenters. The van der Waals surface area contributed by atoms with Crippen molar-refractivity contribution in [3.8, 4) is 0 Å². The molecule has 7 heteroatoms. The lowest BCUT2D eigenvalue weighted by atomic mass is 10.2. The highest BCUT2D eigenvalue weighted by Crippen LogP contribution is 2.16. The minimum Gasteiger partial charge on any atom is -0.370 e. The van der Waals surface area contributed by atoms with Gasteiger partial charge in [0.15, 0.2) is 5.96 Å². The number of anilines is 1. The molecule has 0 unspecified atom stereocenters. The van der Waals surface area contributed by atoms with Crippen LogP contribution in [0.25, 0.3) is 0 Å². The molecular weight excluding hydrogens is 336 g/mol. The van der Waals surface area contributed by atoms with E-state index in [1.807, 2.05) is 44.2 Å². The molecule has 2 rings (SSSR count). The van der Waals surface area contributed by atoms with E-state index in [9.17, 15) is 8.42 Å². The Balaban J connectivity index is 1.90. The van der Waals surface area contributed by atoms with Crippen molar-refractivity contribution in [3.05, 3.63) is 59.2 Å². The maximum Gasteiger partial charge on any atom is 0.240 e. The summed E-state index contributed by atoms with van der Waals surface area (Å²) in [6, 6.07) is 13.1. The van der Waals surface area contributed by atoms with E-state index in [4.69, 9.17) is 5.73 Å². The number of guanidine groups is 1. The van der Waals surface area contributed by atoms with Gasteiger partial charge in [-0.3, -0.25) is 4.99 Å². The van der Waals surface area contributed by atoms with E-state index in [-0.39, 0.29) is 19.0 Å². The Bertz CT molecular complexity index is 859. The summed E-state index contributed by atoms with van der Waals surface area (Å²) < 4.78 is 27.3. The molecule has 0 radical (unpaired) electrons. The number of sulfonamides is 1. The monoisotopic (exact) mass is 360 g/mol. The van der Waals surface area contributed by atoms with Crippen molar-refractivity contribution in [2.45, 2.75) is 25.7 Å². The Labute approximate surface area is 149 Å². The van der Waals surface area contributed by atoms with Crippen LogP contribution in [0.4, 0.5) is 5.69 Å². The molecule has 25 heavy (non-hydrogen) atoms. The van der Waals surface area contributed by atoms with Crippen molar-refractivity contribution < 1.29 is 8.42 Å². The highest BCUT2D eigenvalue weighted by Gasteiger charge is 2.16. The van der Waals surface area contributed by atoms with Crippen LogP contribution in [0.1, 0.15) is 16.7 Å². The predicted molar refractivity (Wildman–Crippen MR) is 102 cm³/mol. The van der Waals surface area contributed by atoms with Gasteiger partial charge in [0.25, 0.3) is 0 Å². The molecular formula is C18H24N4O2S. The second kappa shape index (κ2) is 8.13. The maximum absolute atomic E-state index is 12.4. The number of hydrogen-bond donors (Lipinski definition) is 3. The molecule has 2 aromatic carbocycles. The Morgan fingerprint density at radius 2 is 1.68 bits per heavy atom. The third kappa shape index (κ3) is 5.58. The minimum atomic E-state index is -3.56. The van der Waals surface area contributed by atoms with Gasteiger partial charge in [-0.1, -0.05) is 29.8 Å². The number of nitrogens with two attached hydrogens (primary N) is 1. The fourth-order valence-electron chi connectivity index (χ4n) is 2.26. The molecule has 0 amide bonds. The van der Waals surface area contributed by atoms with Crippen molar-refractivity contribution in [2.75, 3.05) is 18.4 Å². The van der Waals surface area contributed by atoms with Crippen molar-refractivity contribution >= 4 is 21.7 Å². The average Bonchev–Trinajstić information content (AvgIpc) is 2.56. The molecule has 0 aromatic heterocycles. The van der Waals surface area contributed by atoms with Crippen molar-refractivity contribution in [3.63, 3.8) is 0 Å². The highest BCUT2D eigenvalue weighted by molar-refractivity contribution is 7.89. The van der Waals surface area contributed by atoms with Crippen molar-refractivity contribution in [1.29, 1.82) is 0 Å². The average molecular weight is 360 g/mol. The summed E-state index contributed by atoms with van der Waals surface area (Å²) in [7, 11) is -3.56. The zero-order chi connectivity index (χ0) is 18.4. The molecule has 2 aromatic rings. The molecule has 0 aliphatic carbocycles. The number of nitrogens with one attached hydrogen (secondary N) is 2. The molecule has 0 aliphatic heterocycles. The molecule has 0 spiro atoms. The fourth-order valence-corrected chi connectivity index (χ4v) is 3.60. The van der Waals surface area contributed by atoms with Gasteiger partial charge in [-0.15, -0.1) is 0 Å². The topological polar surface area (TPSA) is 96.6 Å². The lowest BCUT2D eigenvalue weighted by Gasteiger charge is -2.10. The summed E-state index contributed by atoms with van der Waals surface area (Å²) in [6.45, 7) is 6.06. The SMILES string of the molecule is Cc1ccc(NC(N)=NCCNS(=O)(=O)c2cc(C)ccc2C)cc1. The third-order valence-electron chi connectivity index (χ3n) is 3.64. The molecule has 0 fully saturated rings. The maximum atomic E-state index is 12.4. The zero-order valence-electron chi connectivity index (χ0n) is 14.7. The first-order valence-corrected chi connectivity index (χ1v) is 9.47. The van der Waals surface area contributed by atoms with Gasteiger partial charge in [-0.05, 0) is 50.1 Å². The van der Waals surface area contributed by atoms with Crippen molar-refractivity contribution in [2.24, 2.45) is 10.7 Å². The van der Waals surface area contributed by atoms with Crippen LogP contribution < -0.4 is 15.8 Å². The molecule has 6 nitrogen and oxygen atoms in total.